The zero-order valence-corrected chi connectivity index (χ0v) is 13.4. The van der Waals surface area contributed by atoms with Gasteiger partial charge in [0.1, 0.15) is 5.82 Å². The van der Waals surface area contributed by atoms with E-state index in [9.17, 15) is 4.39 Å². The average Bonchev–Trinajstić information content (AvgIpc) is 3.12. The molecular formula is C16H19BrFN3. The fourth-order valence-electron chi connectivity index (χ4n) is 2.94. The van der Waals surface area contributed by atoms with Crippen LogP contribution in [-0.2, 0) is 6.42 Å². The van der Waals surface area contributed by atoms with Crippen molar-refractivity contribution in [2.45, 2.75) is 44.2 Å². The Morgan fingerprint density at radius 1 is 1.33 bits per heavy atom. The van der Waals surface area contributed by atoms with Crippen molar-refractivity contribution in [1.82, 2.24) is 9.78 Å². The molecule has 5 heteroatoms. The minimum absolute atomic E-state index is 0.237. The molecule has 0 aliphatic heterocycles. The molecule has 0 saturated heterocycles. The van der Waals surface area contributed by atoms with E-state index >= 15 is 0 Å². The zero-order valence-electron chi connectivity index (χ0n) is 11.8. The highest BCUT2D eigenvalue weighted by Gasteiger charge is 2.18. The SMILES string of the molecule is NC(Cc1ccn(C2CCCC2)n1)c1ccc(Br)c(F)c1. The van der Waals surface area contributed by atoms with Gasteiger partial charge in [-0.2, -0.15) is 5.10 Å². The first-order chi connectivity index (χ1) is 10.1. The largest absolute Gasteiger partial charge is 0.324 e. The molecule has 1 heterocycles. The molecule has 1 fully saturated rings. The van der Waals surface area contributed by atoms with Crippen LogP contribution in [0.3, 0.4) is 0 Å². The molecule has 1 saturated carbocycles. The molecule has 3 rings (SSSR count). The fraction of sp³-hybridized carbons (Fsp3) is 0.438. The van der Waals surface area contributed by atoms with Crippen LogP contribution in [0.5, 0.6) is 0 Å². The van der Waals surface area contributed by atoms with E-state index in [1.807, 2.05) is 18.3 Å². The summed E-state index contributed by atoms with van der Waals surface area (Å²) in [6.45, 7) is 0. The third-order valence-electron chi connectivity index (χ3n) is 4.16. The number of benzene rings is 1. The molecule has 1 aromatic carbocycles. The van der Waals surface area contributed by atoms with Crippen molar-refractivity contribution in [3.63, 3.8) is 0 Å². The maximum absolute atomic E-state index is 13.6. The Morgan fingerprint density at radius 3 is 2.81 bits per heavy atom. The highest BCUT2D eigenvalue weighted by atomic mass is 79.9. The van der Waals surface area contributed by atoms with E-state index in [1.54, 1.807) is 6.07 Å². The van der Waals surface area contributed by atoms with Crippen LogP contribution in [0.1, 0.15) is 49.0 Å². The summed E-state index contributed by atoms with van der Waals surface area (Å²) in [6, 6.07) is 7.36. The number of nitrogens with two attached hydrogens (primary N) is 1. The summed E-state index contributed by atoms with van der Waals surface area (Å²) in [7, 11) is 0. The van der Waals surface area contributed by atoms with E-state index in [0.29, 0.717) is 16.9 Å². The lowest BCUT2D eigenvalue weighted by molar-refractivity contribution is 0.461. The molecule has 0 radical (unpaired) electrons. The van der Waals surface area contributed by atoms with Crippen LogP contribution in [0.25, 0.3) is 0 Å². The van der Waals surface area contributed by atoms with Crippen LogP contribution in [0.4, 0.5) is 4.39 Å². The van der Waals surface area contributed by atoms with Gasteiger partial charge >= 0.3 is 0 Å². The molecule has 112 valence electrons. The van der Waals surface area contributed by atoms with Gasteiger partial charge in [0.15, 0.2) is 0 Å². The summed E-state index contributed by atoms with van der Waals surface area (Å²) >= 11 is 3.15. The standard InChI is InChI=1S/C16H19BrFN3/c17-14-6-5-11(9-15(14)18)16(19)10-12-7-8-21(20-12)13-3-1-2-4-13/h5-9,13,16H,1-4,10,19H2. The summed E-state index contributed by atoms with van der Waals surface area (Å²) < 4.78 is 16.1. The second-order valence-corrected chi connectivity index (χ2v) is 6.56. The van der Waals surface area contributed by atoms with E-state index < -0.39 is 0 Å². The van der Waals surface area contributed by atoms with Gasteiger partial charge < -0.3 is 5.73 Å². The first-order valence-corrected chi connectivity index (χ1v) is 8.17. The Bertz CT molecular complexity index is 620. The van der Waals surface area contributed by atoms with Crippen molar-refractivity contribution >= 4 is 15.9 Å². The van der Waals surface area contributed by atoms with Crippen molar-refractivity contribution in [2.75, 3.05) is 0 Å². The molecule has 0 bridgehead atoms. The Morgan fingerprint density at radius 2 is 2.10 bits per heavy atom. The van der Waals surface area contributed by atoms with E-state index in [4.69, 9.17) is 5.73 Å². The molecule has 1 aliphatic carbocycles. The van der Waals surface area contributed by atoms with Crippen molar-refractivity contribution in [2.24, 2.45) is 5.73 Å². The van der Waals surface area contributed by atoms with Crippen molar-refractivity contribution in [3.8, 4) is 0 Å². The second kappa shape index (κ2) is 6.28. The molecule has 0 amide bonds. The number of halogens is 2. The quantitative estimate of drug-likeness (QED) is 0.899. The summed E-state index contributed by atoms with van der Waals surface area (Å²) in [6.07, 6.45) is 7.67. The average molecular weight is 352 g/mol. The first-order valence-electron chi connectivity index (χ1n) is 7.38. The second-order valence-electron chi connectivity index (χ2n) is 5.71. The normalized spacial score (nSPS) is 17.3. The Balaban J connectivity index is 1.69. The van der Waals surface area contributed by atoms with Gasteiger partial charge in [-0.15, -0.1) is 0 Å². The number of aromatic nitrogens is 2. The van der Waals surface area contributed by atoms with Crippen molar-refractivity contribution in [3.05, 3.63) is 52.0 Å². The van der Waals surface area contributed by atoms with Gasteiger partial charge in [-0.1, -0.05) is 18.9 Å². The molecule has 1 atom stereocenters. The van der Waals surface area contributed by atoms with Crippen LogP contribution in [0.15, 0.2) is 34.9 Å². The van der Waals surface area contributed by atoms with E-state index in [1.165, 1.54) is 31.7 Å². The number of rotatable bonds is 4. The number of hydrogen-bond acceptors (Lipinski definition) is 2. The van der Waals surface area contributed by atoms with Crippen LogP contribution in [-0.4, -0.2) is 9.78 Å². The van der Waals surface area contributed by atoms with Gasteiger partial charge in [0, 0.05) is 18.7 Å². The molecule has 21 heavy (non-hydrogen) atoms. The van der Waals surface area contributed by atoms with Crippen LogP contribution in [0, 0.1) is 5.82 Å². The summed E-state index contributed by atoms with van der Waals surface area (Å²) in [5.74, 6) is -0.278. The van der Waals surface area contributed by atoms with Gasteiger partial charge in [-0.25, -0.2) is 4.39 Å². The zero-order chi connectivity index (χ0) is 14.8. The Hall–Kier alpha value is -1.20. The van der Waals surface area contributed by atoms with E-state index in [-0.39, 0.29) is 11.9 Å². The topological polar surface area (TPSA) is 43.8 Å². The molecule has 3 nitrogen and oxygen atoms in total. The van der Waals surface area contributed by atoms with Gasteiger partial charge in [-0.3, -0.25) is 4.68 Å². The van der Waals surface area contributed by atoms with E-state index in [2.05, 4.69) is 25.7 Å². The molecular weight excluding hydrogens is 333 g/mol. The fourth-order valence-corrected chi connectivity index (χ4v) is 3.19. The highest BCUT2D eigenvalue weighted by Crippen LogP contribution is 2.29. The summed E-state index contributed by atoms with van der Waals surface area (Å²) in [5, 5.41) is 4.63. The lowest BCUT2D eigenvalue weighted by atomic mass is 10.0. The summed E-state index contributed by atoms with van der Waals surface area (Å²) in [4.78, 5) is 0. The molecule has 1 aromatic heterocycles. The summed E-state index contributed by atoms with van der Waals surface area (Å²) in [5.41, 5.74) is 7.94. The smallest absolute Gasteiger partial charge is 0.137 e. The number of hydrogen-bond donors (Lipinski definition) is 1. The van der Waals surface area contributed by atoms with Crippen LogP contribution in [0.2, 0.25) is 0 Å². The molecule has 1 aliphatic rings. The van der Waals surface area contributed by atoms with Gasteiger partial charge in [0.25, 0.3) is 0 Å². The maximum atomic E-state index is 13.6. The third-order valence-corrected chi connectivity index (χ3v) is 4.81. The first kappa shape index (κ1) is 14.7. The lowest BCUT2D eigenvalue weighted by Crippen LogP contribution is -2.14. The van der Waals surface area contributed by atoms with Crippen LogP contribution >= 0.6 is 15.9 Å². The minimum Gasteiger partial charge on any atom is -0.324 e. The van der Waals surface area contributed by atoms with Crippen molar-refractivity contribution < 1.29 is 4.39 Å². The van der Waals surface area contributed by atoms with Crippen molar-refractivity contribution in [1.29, 1.82) is 0 Å². The Kier molecular flexibility index (Phi) is 4.40. The maximum Gasteiger partial charge on any atom is 0.137 e. The van der Waals surface area contributed by atoms with Crippen LogP contribution < -0.4 is 5.73 Å². The number of nitrogens with zero attached hydrogens (tertiary/aromatic N) is 2. The predicted octanol–water partition coefficient (Wildman–Crippen LogP) is 4.14. The monoisotopic (exact) mass is 351 g/mol. The Labute approximate surface area is 132 Å². The van der Waals surface area contributed by atoms with Gasteiger partial charge in [0.05, 0.1) is 16.2 Å². The third kappa shape index (κ3) is 3.35. The highest BCUT2D eigenvalue weighted by molar-refractivity contribution is 9.10. The lowest BCUT2D eigenvalue weighted by Gasteiger charge is -2.12. The molecule has 0 spiro atoms. The molecule has 2 N–H and O–H groups in total. The van der Waals surface area contributed by atoms with Gasteiger partial charge in [-0.05, 0) is 52.5 Å². The van der Waals surface area contributed by atoms with Gasteiger partial charge in [0.2, 0.25) is 0 Å². The predicted molar refractivity (Wildman–Crippen MR) is 84.5 cm³/mol. The minimum atomic E-state index is -0.278. The molecule has 2 aromatic rings. The van der Waals surface area contributed by atoms with E-state index in [0.717, 1.165) is 11.3 Å². The molecule has 1 unspecified atom stereocenters.